The van der Waals surface area contributed by atoms with Crippen LogP contribution in [0.25, 0.3) is 0 Å². The van der Waals surface area contributed by atoms with Crippen molar-refractivity contribution in [1.29, 1.82) is 0 Å². The van der Waals surface area contributed by atoms with Crippen LogP contribution in [0, 0.1) is 0 Å². The minimum absolute atomic E-state index is 0.357. The molecule has 0 radical (unpaired) electrons. The zero-order chi connectivity index (χ0) is 13.1. The molecule has 0 heterocycles. The summed E-state index contributed by atoms with van der Waals surface area (Å²) in [5.74, 6) is 2.30. The molecule has 0 saturated carbocycles. The van der Waals surface area contributed by atoms with Crippen LogP contribution in [0.4, 0.5) is 0 Å². The van der Waals surface area contributed by atoms with Crippen LogP contribution in [0.15, 0.2) is 0 Å². The Morgan fingerprint density at radius 3 is 1.94 bits per heavy atom. The molecule has 1 N–H and O–H groups in total. The molecule has 0 spiro atoms. The Balaban J connectivity index is 4.24. The average molecular weight is 307 g/mol. The summed E-state index contributed by atoms with van der Waals surface area (Å²) >= 11 is 0.575. The second-order valence-corrected chi connectivity index (χ2v) is 7.36. The van der Waals surface area contributed by atoms with Gasteiger partial charge < -0.3 is 0 Å². The second kappa shape index (κ2) is 10.4. The van der Waals surface area contributed by atoms with E-state index in [1.165, 1.54) is 32.1 Å². The molecule has 0 saturated heterocycles. The summed E-state index contributed by atoms with van der Waals surface area (Å²) in [6.45, 7) is 6.64. The maximum absolute atomic E-state index is 10.8. The fourth-order valence-electron chi connectivity index (χ4n) is 2.68. The number of unbranched alkanes of at least 4 members (excludes halogenated alkanes) is 3. The molecule has 0 aromatic carbocycles. The van der Waals surface area contributed by atoms with E-state index in [4.69, 9.17) is 0 Å². The Morgan fingerprint density at radius 2 is 1.53 bits per heavy atom. The topological polar surface area (TPSA) is 20.2 Å². The van der Waals surface area contributed by atoms with E-state index in [-0.39, 0.29) is 5.60 Å². The maximum atomic E-state index is 10.8. The monoisotopic (exact) mass is 308 g/mol. The number of hydrogen-bond donors (Lipinski definition) is 1. The van der Waals surface area contributed by atoms with E-state index in [0.29, 0.717) is 19.8 Å². The molecule has 0 amide bonds. The Bertz CT molecular complexity index is 164. The Morgan fingerprint density at radius 1 is 0.941 bits per heavy atom. The minimum atomic E-state index is -0.357. The van der Waals surface area contributed by atoms with Crippen molar-refractivity contribution in [1.82, 2.24) is 0 Å². The fraction of sp³-hybridized carbons (Fsp3) is 1.00. The molecule has 0 rings (SSSR count). The Kier molecular flexibility index (Phi) is 10.7. The van der Waals surface area contributed by atoms with Crippen molar-refractivity contribution < 1.29 is 5.11 Å². The van der Waals surface area contributed by atoms with E-state index < -0.39 is 0 Å². The number of rotatable bonds is 11. The summed E-state index contributed by atoms with van der Waals surface area (Å²) in [7, 11) is 0. The van der Waals surface area contributed by atoms with Gasteiger partial charge in [0.2, 0.25) is 0 Å². The number of hydrogen-bond acceptors (Lipinski definition) is 1. The van der Waals surface area contributed by atoms with Crippen LogP contribution in [0.2, 0.25) is 10.6 Å². The number of aliphatic hydroxyl groups is 1. The first-order valence-electron chi connectivity index (χ1n) is 7.39. The normalized spacial score (nSPS) is 13.9. The van der Waals surface area contributed by atoms with Crippen LogP contribution in [-0.2, 0) is 0 Å². The van der Waals surface area contributed by atoms with Crippen molar-refractivity contribution in [3.63, 3.8) is 0 Å². The van der Waals surface area contributed by atoms with Crippen LogP contribution in [0.5, 0.6) is 0 Å². The zero-order valence-electron chi connectivity index (χ0n) is 12.3. The van der Waals surface area contributed by atoms with Gasteiger partial charge in [0.25, 0.3) is 0 Å². The molecule has 1 atom stereocenters. The van der Waals surface area contributed by atoms with E-state index in [1.807, 2.05) is 0 Å². The van der Waals surface area contributed by atoms with Gasteiger partial charge in [0.15, 0.2) is 0 Å². The first-order valence-corrected chi connectivity index (χ1v) is 10.1. The molecular formula is C15H32OSe. The van der Waals surface area contributed by atoms with Gasteiger partial charge >= 0.3 is 115 Å². The van der Waals surface area contributed by atoms with Gasteiger partial charge in [0.1, 0.15) is 0 Å². The molecule has 0 aliphatic rings. The average Bonchev–Trinajstić information content (AvgIpc) is 2.29. The van der Waals surface area contributed by atoms with Crippen LogP contribution >= 0.6 is 0 Å². The van der Waals surface area contributed by atoms with Gasteiger partial charge in [-0.1, -0.05) is 0 Å². The third-order valence-corrected chi connectivity index (χ3v) is 6.18. The summed E-state index contributed by atoms with van der Waals surface area (Å²) in [6.07, 6.45) is 10.8. The predicted octanol–water partition coefficient (Wildman–Crippen LogP) is 4.83. The summed E-state index contributed by atoms with van der Waals surface area (Å²) in [5, 5.41) is 10.8. The van der Waals surface area contributed by atoms with Gasteiger partial charge in [-0.05, 0) is 0 Å². The Labute approximate surface area is 115 Å². The van der Waals surface area contributed by atoms with Crippen LogP contribution in [0.1, 0.15) is 78.6 Å². The third-order valence-electron chi connectivity index (χ3n) is 3.57. The van der Waals surface area contributed by atoms with Crippen molar-refractivity contribution in [3.05, 3.63) is 0 Å². The van der Waals surface area contributed by atoms with Crippen molar-refractivity contribution in [2.45, 2.75) is 94.8 Å². The molecule has 1 nitrogen and oxygen atoms in total. The van der Waals surface area contributed by atoms with E-state index in [0.717, 1.165) is 25.7 Å². The SMILES string of the molecule is CCCCCCC([Se]C)C(O)(CCC)CCC. The Hall–Kier alpha value is 0.479. The summed E-state index contributed by atoms with van der Waals surface area (Å²) in [4.78, 5) is 0.576. The molecule has 0 bridgehead atoms. The first-order chi connectivity index (χ1) is 8.14. The summed E-state index contributed by atoms with van der Waals surface area (Å²) in [6, 6.07) is 0. The van der Waals surface area contributed by atoms with Crippen molar-refractivity contribution in [2.75, 3.05) is 0 Å². The molecule has 2 heteroatoms. The van der Waals surface area contributed by atoms with Crippen molar-refractivity contribution in [3.8, 4) is 0 Å². The van der Waals surface area contributed by atoms with Crippen molar-refractivity contribution >= 4 is 15.0 Å². The predicted molar refractivity (Wildman–Crippen MR) is 78.9 cm³/mol. The standard InChI is InChI=1S/C15H32OSe/c1-5-8-9-10-11-14(17-4)15(16,12-6-2)13-7-3/h14,16H,5-13H2,1-4H3. The molecule has 1 unspecified atom stereocenters. The first kappa shape index (κ1) is 17.5. The molecule has 0 aliphatic heterocycles. The fourth-order valence-corrected chi connectivity index (χ4v) is 4.93. The van der Waals surface area contributed by atoms with Crippen LogP contribution in [0.3, 0.4) is 0 Å². The van der Waals surface area contributed by atoms with Gasteiger partial charge in [-0.15, -0.1) is 0 Å². The third kappa shape index (κ3) is 6.84. The quantitative estimate of drug-likeness (QED) is 0.428. The van der Waals surface area contributed by atoms with Crippen LogP contribution < -0.4 is 0 Å². The van der Waals surface area contributed by atoms with Gasteiger partial charge in [-0.3, -0.25) is 0 Å². The zero-order valence-corrected chi connectivity index (χ0v) is 14.0. The van der Waals surface area contributed by atoms with Gasteiger partial charge in [-0.2, -0.15) is 0 Å². The molecule has 17 heavy (non-hydrogen) atoms. The van der Waals surface area contributed by atoms with Crippen LogP contribution in [-0.4, -0.2) is 25.7 Å². The molecule has 0 aromatic heterocycles. The molecule has 0 fully saturated rings. The summed E-state index contributed by atoms with van der Waals surface area (Å²) < 4.78 is 0. The van der Waals surface area contributed by atoms with E-state index in [9.17, 15) is 5.11 Å². The molecular weight excluding hydrogens is 275 g/mol. The molecule has 104 valence electrons. The van der Waals surface area contributed by atoms with E-state index in [1.54, 1.807) is 0 Å². The van der Waals surface area contributed by atoms with E-state index in [2.05, 4.69) is 26.6 Å². The van der Waals surface area contributed by atoms with Gasteiger partial charge in [0, 0.05) is 0 Å². The van der Waals surface area contributed by atoms with E-state index >= 15 is 0 Å². The molecule has 0 aliphatic carbocycles. The van der Waals surface area contributed by atoms with Crippen molar-refractivity contribution in [2.24, 2.45) is 0 Å². The van der Waals surface area contributed by atoms with Gasteiger partial charge in [0.05, 0.1) is 0 Å². The van der Waals surface area contributed by atoms with Gasteiger partial charge in [-0.25, -0.2) is 0 Å². The molecule has 0 aromatic rings. The summed E-state index contributed by atoms with van der Waals surface area (Å²) in [5.41, 5.74) is -0.357. The second-order valence-electron chi connectivity index (χ2n) is 5.18.